The number of halogens is 1. The van der Waals surface area contributed by atoms with E-state index >= 15 is 0 Å². The van der Waals surface area contributed by atoms with Crippen LogP contribution in [0.4, 0.5) is 0 Å². The van der Waals surface area contributed by atoms with Gasteiger partial charge >= 0.3 is 0 Å². The van der Waals surface area contributed by atoms with Crippen molar-refractivity contribution in [3.8, 4) is 17.2 Å². The summed E-state index contributed by atoms with van der Waals surface area (Å²) in [6.07, 6.45) is 1.55. The maximum Gasteiger partial charge on any atom is 0.228 e. The molecule has 2 heterocycles. The lowest BCUT2D eigenvalue weighted by atomic mass is 10.2. The van der Waals surface area contributed by atoms with Crippen molar-refractivity contribution in [3.05, 3.63) is 41.6 Å². The molecule has 3 rings (SSSR count). The lowest BCUT2D eigenvalue weighted by Crippen LogP contribution is -1.82. The number of oxazole rings is 1. The van der Waals surface area contributed by atoms with E-state index in [4.69, 9.17) is 20.8 Å². The zero-order valence-corrected chi connectivity index (χ0v) is 10.3. The van der Waals surface area contributed by atoms with Crippen molar-refractivity contribution in [2.24, 2.45) is 0 Å². The minimum Gasteiger partial charge on any atom is -0.497 e. The fraction of sp³-hybridized carbons (Fsp3) is 0.0769. The van der Waals surface area contributed by atoms with E-state index in [1.807, 2.05) is 24.3 Å². The van der Waals surface area contributed by atoms with Gasteiger partial charge in [-0.3, -0.25) is 0 Å². The Balaban J connectivity index is 2.07. The van der Waals surface area contributed by atoms with Crippen LogP contribution in [-0.4, -0.2) is 17.1 Å². The van der Waals surface area contributed by atoms with E-state index in [0.29, 0.717) is 22.1 Å². The van der Waals surface area contributed by atoms with Crippen LogP contribution in [0, 0.1) is 0 Å². The fourth-order valence-electron chi connectivity index (χ4n) is 1.65. The molecule has 0 aliphatic rings. The Hall–Kier alpha value is -2.07. The van der Waals surface area contributed by atoms with Gasteiger partial charge in [-0.05, 0) is 24.3 Å². The molecule has 18 heavy (non-hydrogen) atoms. The second-order valence-electron chi connectivity index (χ2n) is 3.72. The molecule has 90 valence electrons. The molecule has 3 aromatic rings. The quantitative estimate of drug-likeness (QED) is 0.707. The first kappa shape index (κ1) is 11.0. The summed E-state index contributed by atoms with van der Waals surface area (Å²) in [5.41, 5.74) is 1.99. The third-order valence-corrected chi connectivity index (χ3v) is 2.76. The highest BCUT2D eigenvalue weighted by Crippen LogP contribution is 2.26. The predicted octanol–water partition coefficient (Wildman–Crippen LogP) is 3.55. The van der Waals surface area contributed by atoms with Gasteiger partial charge in [0.1, 0.15) is 5.75 Å². The molecule has 0 amide bonds. The van der Waals surface area contributed by atoms with E-state index in [-0.39, 0.29) is 0 Å². The Kier molecular flexibility index (Phi) is 2.64. The average molecular weight is 261 g/mol. The van der Waals surface area contributed by atoms with Crippen LogP contribution in [0.2, 0.25) is 5.02 Å². The number of hydrogen-bond donors (Lipinski definition) is 0. The highest BCUT2D eigenvalue weighted by molar-refractivity contribution is 6.30. The molecule has 2 aromatic heterocycles. The minimum absolute atomic E-state index is 0.516. The van der Waals surface area contributed by atoms with E-state index < -0.39 is 0 Å². The Morgan fingerprint density at radius 3 is 2.72 bits per heavy atom. The van der Waals surface area contributed by atoms with Crippen molar-refractivity contribution in [2.45, 2.75) is 0 Å². The maximum atomic E-state index is 5.85. The van der Waals surface area contributed by atoms with E-state index in [2.05, 4.69) is 9.97 Å². The van der Waals surface area contributed by atoms with E-state index in [1.54, 1.807) is 19.4 Å². The number of pyridine rings is 1. The third-order valence-electron chi connectivity index (χ3n) is 2.55. The number of nitrogens with zero attached hydrogens (tertiary/aromatic N) is 2. The lowest BCUT2D eigenvalue weighted by molar-refractivity contribution is 0.415. The lowest BCUT2D eigenvalue weighted by Gasteiger charge is -1.99. The van der Waals surface area contributed by atoms with Crippen LogP contribution in [0.15, 0.2) is 40.9 Å². The third kappa shape index (κ3) is 1.91. The number of hydrogen-bond acceptors (Lipinski definition) is 4. The van der Waals surface area contributed by atoms with Gasteiger partial charge in [0.05, 0.1) is 12.1 Å². The molecule has 0 bridgehead atoms. The summed E-state index contributed by atoms with van der Waals surface area (Å²) >= 11 is 5.85. The van der Waals surface area contributed by atoms with Gasteiger partial charge in [0.25, 0.3) is 0 Å². The Bertz CT molecular complexity index is 692. The Labute approximate surface area is 108 Å². The van der Waals surface area contributed by atoms with Gasteiger partial charge in [0, 0.05) is 17.8 Å². The SMILES string of the molecule is COc1ccc(-c2nc3ncc(Cl)cc3o2)cc1. The number of rotatable bonds is 2. The summed E-state index contributed by atoms with van der Waals surface area (Å²) in [6.45, 7) is 0. The molecule has 4 nitrogen and oxygen atoms in total. The van der Waals surface area contributed by atoms with Gasteiger partial charge in [-0.25, -0.2) is 4.98 Å². The first-order valence-corrected chi connectivity index (χ1v) is 5.70. The second kappa shape index (κ2) is 4.31. The van der Waals surface area contributed by atoms with Crippen LogP contribution < -0.4 is 4.74 Å². The van der Waals surface area contributed by atoms with Crippen molar-refractivity contribution in [1.29, 1.82) is 0 Å². The van der Waals surface area contributed by atoms with Crippen molar-refractivity contribution >= 4 is 22.8 Å². The zero-order valence-electron chi connectivity index (χ0n) is 9.55. The monoisotopic (exact) mass is 260 g/mol. The molecule has 0 N–H and O–H groups in total. The van der Waals surface area contributed by atoms with Crippen LogP contribution in [0.1, 0.15) is 0 Å². The number of benzene rings is 1. The van der Waals surface area contributed by atoms with Crippen LogP contribution >= 0.6 is 11.6 Å². The van der Waals surface area contributed by atoms with Crippen LogP contribution in [0.5, 0.6) is 5.75 Å². The van der Waals surface area contributed by atoms with Crippen molar-refractivity contribution in [3.63, 3.8) is 0 Å². The first-order chi connectivity index (χ1) is 8.76. The average Bonchev–Trinajstić information content (AvgIpc) is 2.81. The molecule has 0 saturated heterocycles. The van der Waals surface area contributed by atoms with E-state index in [1.165, 1.54) is 0 Å². The zero-order chi connectivity index (χ0) is 12.5. The summed E-state index contributed by atoms with van der Waals surface area (Å²) in [5, 5.41) is 0.528. The smallest absolute Gasteiger partial charge is 0.228 e. The number of fused-ring (bicyclic) bond motifs is 1. The fourth-order valence-corrected chi connectivity index (χ4v) is 1.80. The van der Waals surface area contributed by atoms with Gasteiger partial charge in [0.15, 0.2) is 11.2 Å². The molecule has 0 radical (unpaired) electrons. The maximum absolute atomic E-state index is 5.85. The standard InChI is InChI=1S/C13H9ClN2O2/c1-17-10-4-2-8(3-5-10)13-16-12-11(18-13)6-9(14)7-15-12/h2-7H,1H3. The van der Waals surface area contributed by atoms with Gasteiger partial charge in [-0.15, -0.1) is 0 Å². The van der Waals surface area contributed by atoms with Crippen LogP contribution in [-0.2, 0) is 0 Å². The Morgan fingerprint density at radius 2 is 2.00 bits per heavy atom. The van der Waals surface area contributed by atoms with Gasteiger partial charge < -0.3 is 9.15 Å². The Morgan fingerprint density at radius 1 is 1.22 bits per heavy atom. The molecule has 0 saturated carbocycles. The van der Waals surface area contributed by atoms with Crippen molar-refractivity contribution in [1.82, 2.24) is 9.97 Å². The topological polar surface area (TPSA) is 48.2 Å². The second-order valence-corrected chi connectivity index (χ2v) is 4.16. The van der Waals surface area contributed by atoms with Gasteiger partial charge in [-0.1, -0.05) is 11.6 Å². The molecule has 0 fully saturated rings. The highest BCUT2D eigenvalue weighted by Gasteiger charge is 2.09. The summed E-state index contributed by atoms with van der Waals surface area (Å²) in [4.78, 5) is 8.40. The number of methoxy groups -OCH3 is 1. The van der Waals surface area contributed by atoms with Crippen molar-refractivity contribution < 1.29 is 9.15 Å². The molecule has 0 aliphatic carbocycles. The summed E-state index contributed by atoms with van der Waals surface area (Å²) in [6, 6.07) is 9.16. The minimum atomic E-state index is 0.516. The predicted molar refractivity (Wildman–Crippen MR) is 68.8 cm³/mol. The molecule has 0 atom stereocenters. The molecule has 1 aromatic carbocycles. The molecule has 5 heteroatoms. The molecule has 0 spiro atoms. The first-order valence-electron chi connectivity index (χ1n) is 5.33. The largest absolute Gasteiger partial charge is 0.497 e. The highest BCUT2D eigenvalue weighted by atomic mass is 35.5. The number of aromatic nitrogens is 2. The van der Waals surface area contributed by atoms with Crippen molar-refractivity contribution in [2.75, 3.05) is 7.11 Å². The van der Waals surface area contributed by atoms with Crippen LogP contribution in [0.3, 0.4) is 0 Å². The summed E-state index contributed by atoms with van der Waals surface area (Å²) < 4.78 is 10.7. The van der Waals surface area contributed by atoms with E-state index in [9.17, 15) is 0 Å². The molecule has 0 aliphatic heterocycles. The number of ether oxygens (including phenoxy) is 1. The normalized spacial score (nSPS) is 10.8. The molecule has 0 unspecified atom stereocenters. The molecular formula is C13H9ClN2O2. The van der Waals surface area contributed by atoms with E-state index in [0.717, 1.165) is 11.3 Å². The summed E-state index contributed by atoms with van der Waals surface area (Å²) in [5.74, 6) is 1.30. The summed E-state index contributed by atoms with van der Waals surface area (Å²) in [7, 11) is 1.63. The molecular weight excluding hydrogens is 252 g/mol. The van der Waals surface area contributed by atoms with Gasteiger partial charge in [-0.2, -0.15) is 4.98 Å². The van der Waals surface area contributed by atoms with Crippen LogP contribution in [0.25, 0.3) is 22.7 Å². The van der Waals surface area contributed by atoms with Gasteiger partial charge in [0.2, 0.25) is 5.89 Å².